The third-order valence-corrected chi connectivity index (χ3v) is 19.7. The molecule has 1 unspecified atom stereocenters. The summed E-state index contributed by atoms with van der Waals surface area (Å²) in [5.74, 6) is -0.0546. The molecule has 0 spiro atoms. The SMILES string of the molecule is CC(C)(C)c1ccc(C(c2ccc3c(c2)C(C)(C)c2ccccc2-3)c2ccc3c(-c4cccc5ccccc45)c4cc(N(c5ccc(C(C)(C)C)cc5)c5ccc6c(c5)C(C)(C)c5ccccc5-6)ccc4c(-c4cccc5ccccc45)c3c2)cc1. The zero-order chi connectivity index (χ0) is 59.0. The van der Waals surface area contributed by atoms with Gasteiger partial charge in [-0.1, -0.05) is 282 Å². The smallest absolute Gasteiger partial charge is 0.0468 e. The highest BCUT2D eigenvalue weighted by atomic mass is 15.1. The number of anilines is 3. The molecule has 15 rings (SSSR count). The second-order valence-electron chi connectivity index (χ2n) is 27.7. The molecule has 0 N–H and O–H groups in total. The van der Waals surface area contributed by atoms with Crippen molar-refractivity contribution in [2.45, 2.75) is 96.8 Å². The van der Waals surface area contributed by atoms with Crippen molar-refractivity contribution >= 4 is 60.2 Å². The number of hydrogen-bond acceptors (Lipinski definition) is 1. The lowest BCUT2D eigenvalue weighted by molar-refractivity contribution is 0.589. The molecule has 0 saturated heterocycles. The molecule has 13 aromatic carbocycles. The predicted octanol–water partition coefficient (Wildman–Crippen LogP) is 23.5. The molecule has 0 saturated carbocycles. The minimum absolute atomic E-state index is 0.00348. The van der Waals surface area contributed by atoms with Crippen LogP contribution in [0.15, 0.2) is 255 Å². The minimum atomic E-state index is -0.169. The van der Waals surface area contributed by atoms with Crippen LogP contribution in [0, 0.1) is 0 Å². The number of hydrogen-bond donors (Lipinski definition) is 0. The maximum Gasteiger partial charge on any atom is 0.0468 e. The third kappa shape index (κ3) is 8.48. The Labute approximate surface area is 508 Å². The van der Waals surface area contributed by atoms with Crippen LogP contribution in [-0.4, -0.2) is 0 Å². The normalized spacial score (nSPS) is 14.3. The van der Waals surface area contributed by atoms with Crippen LogP contribution in [0.1, 0.15) is 125 Å². The van der Waals surface area contributed by atoms with Crippen LogP contribution in [0.5, 0.6) is 0 Å². The van der Waals surface area contributed by atoms with Gasteiger partial charge in [-0.15, -0.1) is 0 Å². The van der Waals surface area contributed by atoms with Crippen molar-refractivity contribution in [2.75, 3.05) is 4.90 Å². The third-order valence-electron chi connectivity index (χ3n) is 19.7. The molecule has 1 atom stereocenters. The second-order valence-corrected chi connectivity index (χ2v) is 27.7. The summed E-state index contributed by atoms with van der Waals surface area (Å²) >= 11 is 0. The van der Waals surface area contributed by atoms with Crippen molar-refractivity contribution in [3.63, 3.8) is 0 Å². The number of fused-ring (bicyclic) bond motifs is 10. The Morgan fingerprint density at radius 3 is 1.23 bits per heavy atom. The maximum absolute atomic E-state index is 2.58. The average Bonchev–Trinajstić information content (AvgIpc) is 0.960. The molecule has 2 aliphatic rings. The van der Waals surface area contributed by atoms with Gasteiger partial charge >= 0.3 is 0 Å². The Hall–Kier alpha value is -9.30. The second kappa shape index (κ2) is 19.6. The minimum Gasteiger partial charge on any atom is -0.310 e. The van der Waals surface area contributed by atoms with Crippen LogP contribution in [0.4, 0.5) is 17.1 Å². The van der Waals surface area contributed by atoms with E-state index in [1.807, 2.05) is 0 Å². The molecule has 0 fully saturated rings. The van der Waals surface area contributed by atoms with Gasteiger partial charge in [0.05, 0.1) is 0 Å². The molecule has 0 aliphatic heterocycles. The van der Waals surface area contributed by atoms with Crippen molar-refractivity contribution in [2.24, 2.45) is 0 Å². The monoisotopic (exact) mass is 1110 g/mol. The number of benzene rings is 13. The summed E-state index contributed by atoms with van der Waals surface area (Å²) in [5.41, 5.74) is 25.3. The topological polar surface area (TPSA) is 3.24 Å². The summed E-state index contributed by atoms with van der Waals surface area (Å²) in [7, 11) is 0. The lowest BCUT2D eigenvalue weighted by Crippen LogP contribution is -2.17. The summed E-state index contributed by atoms with van der Waals surface area (Å²) in [5, 5.41) is 9.81. The molecular weight excluding hydrogens is 1030 g/mol. The highest BCUT2D eigenvalue weighted by molar-refractivity contribution is 6.26. The molecule has 0 bridgehead atoms. The van der Waals surface area contributed by atoms with E-state index >= 15 is 0 Å². The lowest BCUT2D eigenvalue weighted by atomic mass is 9.77. The van der Waals surface area contributed by atoms with E-state index in [-0.39, 0.29) is 27.6 Å². The highest BCUT2D eigenvalue weighted by Crippen LogP contribution is 2.55. The molecule has 0 radical (unpaired) electrons. The van der Waals surface area contributed by atoms with E-state index in [1.54, 1.807) is 0 Å². The highest BCUT2D eigenvalue weighted by Gasteiger charge is 2.38. The van der Waals surface area contributed by atoms with Gasteiger partial charge in [-0.3, -0.25) is 0 Å². The summed E-state index contributed by atoms with van der Waals surface area (Å²) in [6.45, 7) is 23.4. The summed E-state index contributed by atoms with van der Waals surface area (Å²) < 4.78 is 0. The fourth-order valence-electron chi connectivity index (χ4n) is 15.1. The van der Waals surface area contributed by atoms with Crippen molar-refractivity contribution < 1.29 is 0 Å². The van der Waals surface area contributed by atoms with Crippen molar-refractivity contribution in [3.8, 4) is 44.5 Å². The first kappa shape index (κ1) is 53.4. The fourth-order valence-corrected chi connectivity index (χ4v) is 15.1. The van der Waals surface area contributed by atoms with Crippen LogP contribution in [0.3, 0.4) is 0 Å². The van der Waals surface area contributed by atoms with Gasteiger partial charge in [-0.2, -0.15) is 0 Å². The molecule has 0 amide bonds. The zero-order valence-corrected chi connectivity index (χ0v) is 51.3. The van der Waals surface area contributed by atoms with E-state index in [9.17, 15) is 0 Å². The molecule has 2 aliphatic carbocycles. The number of rotatable bonds is 8. The quantitative estimate of drug-likeness (QED) is 0.108. The fraction of sp³-hybridized carbons (Fsp3) is 0.176. The maximum atomic E-state index is 2.58. The van der Waals surface area contributed by atoms with Gasteiger partial charge in [-0.25, -0.2) is 0 Å². The number of nitrogens with zero attached hydrogens (tertiary/aromatic N) is 1. The van der Waals surface area contributed by atoms with E-state index < -0.39 is 0 Å². The summed E-state index contributed by atoms with van der Waals surface area (Å²) in [4.78, 5) is 2.51. The Morgan fingerprint density at radius 1 is 0.279 bits per heavy atom. The Bertz CT molecular complexity index is 4560. The van der Waals surface area contributed by atoms with Gasteiger partial charge in [-0.05, 0) is 191 Å². The van der Waals surface area contributed by atoms with Gasteiger partial charge in [0.25, 0.3) is 0 Å². The summed E-state index contributed by atoms with van der Waals surface area (Å²) in [6, 6.07) is 98.0. The van der Waals surface area contributed by atoms with Crippen molar-refractivity contribution in [1.29, 1.82) is 0 Å². The molecule has 1 heteroatoms. The standard InChI is InChI=1S/C85H73N/c1-82(2,3)58-37-33-55(34-38-58)79(57-35-45-67-65-27-15-17-31-75(65)84(7,8)77(67)50-57)56-36-46-71-73(49-56)80(69-29-19-23-53-21-11-13-25-63(53)69)72-48-44-61(51-74(72)81(71)70-30-20-24-54-22-12-14-26-64(54)70)86(60-41-39-59(40-42-60)83(4,5)6)62-43-47-68-66-28-16-18-32-76(66)85(9,10)78(68)52-62/h11-52,79H,1-10H3. The Morgan fingerprint density at radius 2 is 0.663 bits per heavy atom. The first-order chi connectivity index (χ1) is 41.4. The van der Waals surface area contributed by atoms with Crippen LogP contribution in [0.25, 0.3) is 87.6 Å². The Balaban J connectivity index is 1.03. The largest absolute Gasteiger partial charge is 0.310 e. The lowest BCUT2D eigenvalue weighted by Gasteiger charge is -2.30. The average molecular weight is 1110 g/mol. The van der Waals surface area contributed by atoms with Crippen LogP contribution < -0.4 is 4.90 Å². The van der Waals surface area contributed by atoms with E-state index in [0.29, 0.717) is 0 Å². The molecule has 1 nitrogen and oxygen atoms in total. The molecular formula is C85H73N. The molecule has 13 aromatic rings. The summed E-state index contributed by atoms with van der Waals surface area (Å²) in [6.07, 6.45) is 0. The van der Waals surface area contributed by atoms with Crippen molar-refractivity contribution in [1.82, 2.24) is 0 Å². The van der Waals surface area contributed by atoms with Crippen LogP contribution in [-0.2, 0) is 21.7 Å². The van der Waals surface area contributed by atoms with Gasteiger partial charge in [0.2, 0.25) is 0 Å². The molecule has 86 heavy (non-hydrogen) atoms. The molecule has 0 aromatic heterocycles. The van der Waals surface area contributed by atoms with E-state index in [1.165, 1.54) is 138 Å². The van der Waals surface area contributed by atoms with E-state index in [0.717, 1.165) is 17.1 Å². The van der Waals surface area contributed by atoms with E-state index in [2.05, 4.69) is 329 Å². The Kier molecular flexibility index (Phi) is 12.2. The molecule has 0 heterocycles. The van der Waals surface area contributed by atoms with Gasteiger partial charge in [0.1, 0.15) is 0 Å². The zero-order valence-electron chi connectivity index (χ0n) is 51.3. The molecule has 418 valence electrons. The predicted molar refractivity (Wildman–Crippen MR) is 368 cm³/mol. The van der Waals surface area contributed by atoms with E-state index in [4.69, 9.17) is 0 Å². The van der Waals surface area contributed by atoms with Crippen LogP contribution in [0.2, 0.25) is 0 Å². The van der Waals surface area contributed by atoms with Gasteiger partial charge < -0.3 is 4.90 Å². The van der Waals surface area contributed by atoms with Gasteiger partial charge in [0.15, 0.2) is 0 Å². The van der Waals surface area contributed by atoms with Gasteiger partial charge in [0, 0.05) is 33.8 Å². The van der Waals surface area contributed by atoms with Crippen molar-refractivity contribution in [3.05, 3.63) is 305 Å². The first-order valence-corrected chi connectivity index (χ1v) is 30.9. The van der Waals surface area contributed by atoms with Crippen LogP contribution >= 0.6 is 0 Å². The first-order valence-electron chi connectivity index (χ1n) is 30.9.